The quantitative estimate of drug-likeness (QED) is 0.140. The summed E-state index contributed by atoms with van der Waals surface area (Å²) in [5.74, 6) is 0.506. The summed E-state index contributed by atoms with van der Waals surface area (Å²) in [4.78, 5) is 0. The van der Waals surface area contributed by atoms with Crippen LogP contribution in [0, 0.1) is 0 Å². The number of hydrogen-bond acceptors (Lipinski definition) is 8. The molecule has 0 bridgehead atoms. The van der Waals surface area contributed by atoms with Gasteiger partial charge in [0.05, 0.1) is 106 Å². The summed E-state index contributed by atoms with van der Waals surface area (Å²) in [6, 6.07) is 0. The van der Waals surface area contributed by atoms with E-state index >= 15 is 0 Å². The van der Waals surface area contributed by atoms with Crippen molar-refractivity contribution in [3.05, 3.63) is 0 Å². The first-order valence-electron chi connectivity index (χ1n) is 9.65. The number of halogens is 2. The molecular weight excluding hydrogens is 460 g/mol. The van der Waals surface area contributed by atoms with E-state index in [1.54, 1.807) is 0 Å². The molecule has 0 amide bonds. The second-order valence-electron chi connectivity index (χ2n) is 5.28. The molecule has 0 aliphatic carbocycles. The van der Waals surface area contributed by atoms with Gasteiger partial charge in [-0.25, -0.2) is 0 Å². The molecule has 0 aliphatic rings. The molecule has 8 nitrogen and oxygen atoms in total. The van der Waals surface area contributed by atoms with Crippen LogP contribution in [0.15, 0.2) is 0 Å². The second-order valence-corrected chi connectivity index (χ2v) is 6.45. The molecule has 0 unspecified atom stereocenters. The highest BCUT2D eigenvalue weighted by Gasteiger charge is 1.94. The summed E-state index contributed by atoms with van der Waals surface area (Å²) in [5, 5.41) is 0.844. The topological polar surface area (TPSA) is 73.8 Å². The van der Waals surface area contributed by atoms with Gasteiger partial charge in [-0.2, -0.15) is 0 Å². The number of rotatable bonds is 25. The molecule has 0 spiro atoms. The van der Waals surface area contributed by atoms with Gasteiger partial charge >= 0.3 is 0 Å². The van der Waals surface area contributed by atoms with Crippen LogP contribution in [-0.2, 0) is 37.9 Å². The van der Waals surface area contributed by atoms with Gasteiger partial charge in [0.1, 0.15) is 0 Å². The zero-order valence-electron chi connectivity index (χ0n) is 16.7. The van der Waals surface area contributed by atoms with E-state index in [0.29, 0.717) is 112 Å². The normalized spacial score (nSPS) is 11.4. The molecule has 0 heterocycles. The third-order valence-electron chi connectivity index (χ3n) is 3.05. The Morgan fingerprint density at radius 1 is 0.357 bits per heavy atom. The van der Waals surface area contributed by atoms with E-state index in [0.717, 1.165) is 5.33 Å². The third kappa shape index (κ3) is 26.4. The van der Waals surface area contributed by atoms with Crippen LogP contribution in [0.25, 0.3) is 0 Å². The molecule has 0 aromatic heterocycles. The molecule has 28 heavy (non-hydrogen) atoms. The molecule has 0 atom stereocenters. The van der Waals surface area contributed by atoms with Crippen LogP contribution < -0.4 is 0 Å². The molecule has 0 saturated heterocycles. The zero-order valence-corrected chi connectivity index (χ0v) is 19.1. The molecular formula is C18H36BrClO8. The van der Waals surface area contributed by atoms with Gasteiger partial charge in [0, 0.05) is 11.2 Å². The van der Waals surface area contributed by atoms with Gasteiger partial charge in [-0.15, -0.1) is 11.6 Å². The summed E-state index contributed by atoms with van der Waals surface area (Å²) in [7, 11) is 0. The third-order valence-corrected chi connectivity index (χ3v) is 3.53. The fraction of sp³-hybridized carbons (Fsp3) is 1.00. The van der Waals surface area contributed by atoms with Crippen molar-refractivity contribution in [2.75, 3.05) is 117 Å². The maximum absolute atomic E-state index is 5.48. The maximum Gasteiger partial charge on any atom is 0.0701 e. The lowest BCUT2D eigenvalue weighted by Gasteiger charge is -2.08. The predicted molar refractivity (Wildman–Crippen MR) is 111 cm³/mol. The fourth-order valence-electron chi connectivity index (χ4n) is 1.75. The van der Waals surface area contributed by atoms with E-state index in [1.165, 1.54) is 0 Å². The van der Waals surface area contributed by atoms with E-state index in [1.807, 2.05) is 0 Å². The summed E-state index contributed by atoms with van der Waals surface area (Å²) in [6.07, 6.45) is 0. The molecule has 0 aliphatic heterocycles. The van der Waals surface area contributed by atoms with Crippen LogP contribution in [0.1, 0.15) is 0 Å². The van der Waals surface area contributed by atoms with E-state index < -0.39 is 0 Å². The van der Waals surface area contributed by atoms with Crippen LogP contribution in [0.3, 0.4) is 0 Å². The second kappa shape index (κ2) is 27.5. The van der Waals surface area contributed by atoms with Crippen molar-refractivity contribution < 1.29 is 37.9 Å². The van der Waals surface area contributed by atoms with Crippen molar-refractivity contribution in [1.82, 2.24) is 0 Å². The van der Waals surface area contributed by atoms with Crippen LogP contribution in [0.2, 0.25) is 0 Å². The van der Waals surface area contributed by atoms with Crippen molar-refractivity contribution in [2.24, 2.45) is 0 Å². The standard InChI is InChI=1S/C18H36BrClO8/c19-1-3-21-5-7-23-9-11-25-13-15-27-17-18-28-16-14-26-12-10-24-8-6-22-4-2-20/h1-18H2. The van der Waals surface area contributed by atoms with Crippen molar-refractivity contribution in [1.29, 1.82) is 0 Å². The SMILES string of the molecule is ClCCOCCOCCOCCOCCOCCOCCOCCOCCBr. The summed E-state index contributed by atoms with van der Waals surface area (Å²) in [6.45, 7) is 9.01. The minimum Gasteiger partial charge on any atom is -0.378 e. The summed E-state index contributed by atoms with van der Waals surface area (Å²) < 4.78 is 42.7. The van der Waals surface area contributed by atoms with Crippen molar-refractivity contribution in [2.45, 2.75) is 0 Å². The van der Waals surface area contributed by atoms with Crippen LogP contribution in [0.4, 0.5) is 0 Å². The van der Waals surface area contributed by atoms with Gasteiger partial charge < -0.3 is 37.9 Å². The molecule has 0 rings (SSSR count). The maximum atomic E-state index is 5.48. The lowest BCUT2D eigenvalue weighted by atomic mass is 10.6. The summed E-state index contributed by atoms with van der Waals surface area (Å²) >= 11 is 8.77. The molecule has 0 radical (unpaired) electrons. The van der Waals surface area contributed by atoms with Crippen molar-refractivity contribution in [3.63, 3.8) is 0 Å². The first-order chi connectivity index (χ1) is 13.9. The highest BCUT2D eigenvalue weighted by atomic mass is 79.9. The molecule has 0 saturated carbocycles. The smallest absolute Gasteiger partial charge is 0.0701 e. The number of ether oxygens (including phenoxy) is 8. The average molecular weight is 496 g/mol. The predicted octanol–water partition coefficient (Wildman–Crippen LogP) is 1.75. The van der Waals surface area contributed by atoms with Gasteiger partial charge in [-0.05, 0) is 0 Å². The lowest BCUT2D eigenvalue weighted by Crippen LogP contribution is -2.15. The minimum atomic E-state index is 0.506. The lowest BCUT2D eigenvalue weighted by molar-refractivity contribution is -0.0224. The van der Waals surface area contributed by atoms with Gasteiger partial charge in [0.2, 0.25) is 0 Å². The minimum absolute atomic E-state index is 0.506. The molecule has 0 fully saturated rings. The van der Waals surface area contributed by atoms with Crippen molar-refractivity contribution >= 4 is 27.5 Å². The fourth-order valence-corrected chi connectivity index (χ4v) is 2.09. The Kier molecular flexibility index (Phi) is 27.9. The molecule has 0 aromatic carbocycles. The van der Waals surface area contributed by atoms with Gasteiger partial charge in [-0.1, -0.05) is 15.9 Å². The first kappa shape index (κ1) is 28.5. The van der Waals surface area contributed by atoms with Crippen LogP contribution >= 0.6 is 27.5 Å². The zero-order chi connectivity index (χ0) is 20.4. The van der Waals surface area contributed by atoms with Gasteiger partial charge in [0.15, 0.2) is 0 Å². The van der Waals surface area contributed by atoms with E-state index in [-0.39, 0.29) is 0 Å². The Bertz CT molecular complexity index is 254. The van der Waals surface area contributed by atoms with Gasteiger partial charge in [-0.3, -0.25) is 0 Å². The molecule has 10 heteroatoms. The largest absolute Gasteiger partial charge is 0.378 e. The Morgan fingerprint density at radius 3 is 0.786 bits per heavy atom. The first-order valence-corrected chi connectivity index (χ1v) is 11.3. The van der Waals surface area contributed by atoms with E-state index in [9.17, 15) is 0 Å². The van der Waals surface area contributed by atoms with Crippen LogP contribution in [-0.4, -0.2) is 117 Å². The highest BCUT2D eigenvalue weighted by molar-refractivity contribution is 9.09. The average Bonchev–Trinajstić information content (AvgIpc) is 2.71. The van der Waals surface area contributed by atoms with Gasteiger partial charge in [0.25, 0.3) is 0 Å². The van der Waals surface area contributed by atoms with E-state index in [2.05, 4.69) is 15.9 Å². The highest BCUT2D eigenvalue weighted by Crippen LogP contribution is 1.86. The number of hydrogen-bond donors (Lipinski definition) is 0. The Morgan fingerprint density at radius 2 is 0.571 bits per heavy atom. The van der Waals surface area contributed by atoms with Crippen molar-refractivity contribution in [3.8, 4) is 0 Å². The molecule has 0 aromatic rings. The molecule has 170 valence electrons. The monoisotopic (exact) mass is 494 g/mol. The van der Waals surface area contributed by atoms with E-state index in [4.69, 9.17) is 49.5 Å². The molecule has 0 N–H and O–H groups in total. The number of alkyl halides is 2. The Hall–Kier alpha value is 0.450. The van der Waals surface area contributed by atoms with Crippen LogP contribution in [0.5, 0.6) is 0 Å². The Labute approximate surface area is 182 Å². The Balaban J connectivity index is 2.96. The summed E-state index contributed by atoms with van der Waals surface area (Å²) in [5.41, 5.74) is 0.